The lowest BCUT2D eigenvalue weighted by Gasteiger charge is -1.98. The van der Waals surface area contributed by atoms with E-state index in [1.165, 1.54) is 24.3 Å². The fourth-order valence-corrected chi connectivity index (χ4v) is 2.25. The zero-order valence-electron chi connectivity index (χ0n) is 13.0. The minimum absolute atomic E-state index is 0.232. The predicted molar refractivity (Wildman–Crippen MR) is 97.1 cm³/mol. The van der Waals surface area contributed by atoms with Gasteiger partial charge >= 0.3 is 0 Å². The quantitative estimate of drug-likeness (QED) is 0.495. The molecule has 3 aromatic carbocycles. The highest BCUT2D eigenvalue weighted by Gasteiger charge is 1.92. The van der Waals surface area contributed by atoms with Crippen molar-refractivity contribution in [3.63, 3.8) is 0 Å². The third-order valence-corrected chi connectivity index (χ3v) is 3.61. The Morgan fingerprint density at radius 3 is 0.833 bits per heavy atom. The smallest absolute Gasteiger partial charge is 0.123 e. The maximum absolute atomic E-state index is 12.9. The van der Waals surface area contributed by atoms with E-state index >= 15 is 0 Å². The fraction of sp³-hybridized carbons (Fsp3) is 0. The molecule has 0 nitrogen and oxygen atoms in total. The van der Waals surface area contributed by atoms with Gasteiger partial charge in [-0.3, -0.25) is 0 Å². The monoisotopic (exact) mass is 318 g/mol. The summed E-state index contributed by atoms with van der Waals surface area (Å²) in [6, 6.07) is 20.8. The largest absolute Gasteiger partial charge is 0.207 e. The molecule has 2 heteroatoms. The van der Waals surface area contributed by atoms with Crippen LogP contribution in [0.5, 0.6) is 0 Å². The number of rotatable bonds is 4. The highest BCUT2D eigenvalue weighted by atomic mass is 19.1. The maximum Gasteiger partial charge on any atom is 0.123 e. The summed E-state index contributed by atoms with van der Waals surface area (Å²) in [5, 5.41) is 0. The average Bonchev–Trinajstić information content (AvgIpc) is 2.62. The van der Waals surface area contributed by atoms with Crippen LogP contribution in [0.25, 0.3) is 24.3 Å². The molecular formula is C22H16F2. The summed E-state index contributed by atoms with van der Waals surface area (Å²) in [5.74, 6) is -0.464. The molecule has 0 saturated heterocycles. The van der Waals surface area contributed by atoms with Gasteiger partial charge in [0.1, 0.15) is 11.6 Å². The van der Waals surface area contributed by atoms with Crippen molar-refractivity contribution in [3.05, 3.63) is 107 Å². The molecule has 0 N–H and O–H groups in total. The molecule has 3 aromatic rings. The van der Waals surface area contributed by atoms with Gasteiger partial charge in [-0.2, -0.15) is 0 Å². The van der Waals surface area contributed by atoms with E-state index in [-0.39, 0.29) is 11.6 Å². The van der Waals surface area contributed by atoms with Gasteiger partial charge in [0.15, 0.2) is 0 Å². The third-order valence-electron chi connectivity index (χ3n) is 3.61. The number of benzene rings is 3. The average molecular weight is 318 g/mol. The first-order valence-corrected chi connectivity index (χ1v) is 7.66. The molecule has 0 aliphatic heterocycles. The van der Waals surface area contributed by atoms with E-state index in [4.69, 9.17) is 0 Å². The molecule has 0 radical (unpaired) electrons. The molecule has 0 heterocycles. The van der Waals surface area contributed by atoms with Crippen LogP contribution in [0.4, 0.5) is 8.78 Å². The van der Waals surface area contributed by atoms with Gasteiger partial charge < -0.3 is 0 Å². The van der Waals surface area contributed by atoms with Gasteiger partial charge in [0.05, 0.1) is 0 Å². The van der Waals surface area contributed by atoms with Crippen molar-refractivity contribution >= 4 is 24.3 Å². The summed E-state index contributed by atoms with van der Waals surface area (Å²) in [5.41, 5.74) is 4.05. The van der Waals surface area contributed by atoms with Crippen molar-refractivity contribution in [2.45, 2.75) is 0 Å². The molecule has 0 aliphatic carbocycles. The molecule has 0 aromatic heterocycles. The zero-order chi connectivity index (χ0) is 16.8. The highest BCUT2D eigenvalue weighted by molar-refractivity contribution is 5.72. The van der Waals surface area contributed by atoms with Crippen LogP contribution in [0.1, 0.15) is 22.3 Å². The van der Waals surface area contributed by atoms with Crippen LogP contribution < -0.4 is 0 Å². The van der Waals surface area contributed by atoms with Gasteiger partial charge in [0.2, 0.25) is 0 Å². The van der Waals surface area contributed by atoms with Gasteiger partial charge in [0, 0.05) is 0 Å². The summed E-state index contributed by atoms with van der Waals surface area (Å²) in [6.45, 7) is 0. The molecule has 0 unspecified atom stereocenters. The van der Waals surface area contributed by atoms with Crippen molar-refractivity contribution in [1.82, 2.24) is 0 Å². The first kappa shape index (κ1) is 15.9. The van der Waals surface area contributed by atoms with E-state index in [9.17, 15) is 8.78 Å². The number of hydrogen-bond acceptors (Lipinski definition) is 0. The Morgan fingerprint density at radius 2 is 0.583 bits per heavy atom. The summed E-state index contributed by atoms with van der Waals surface area (Å²) in [4.78, 5) is 0. The Labute approximate surface area is 140 Å². The third kappa shape index (κ3) is 4.50. The van der Waals surface area contributed by atoms with E-state index in [1.807, 2.05) is 48.6 Å². The zero-order valence-corrected chi connectivity index (χ0v) is 13.0. The van der Waals surface area contributed by atoms with Crippen LogP contribution in [-0.4, -0.2) is 0 Å². The van der Waals surface area contributed by atoms with Gasteiger partial charge in [-0.25, -0.2) is 8.78 Å². The summed E-state index contributed by atoms with van der Waals surface area (Å²) < 4.78 is 25.7. The molecule has 0 amide bonds. The molecule has 0 atom stereocenters. The van der Waals surface area contributed by atoms with Crippen LogP contribution in [-0.2, 0) is 0 Å². The van der Waals surface area contributed by atoms with E-state index in [0.29, 0.717) is 0 Å². The van der Waals surface area contributed by atoms with Crippen molar-refractivity contribution in [3.8, 4) is 0 Å². The second kappa shape index (κ2) is 7.51. The lowest BCUT2D eigenvalue weighted by molar-refractivity contribution is 0.627. The Balaban J connectivity index is 1.66. The van der Waals surface area contributed by atoms with E-state index in [2.05, 4.69) is 0 Å². The van der Waals surface area contributed by atoms with Gasteiger partial charge in [-0.1, -0.05) is 72.8 Å². The molecule has 118 valence electrons. The minimum atomic E-state index is -0.232. The van der Waals surface area contributed by atoms with E-state index < -0.39 is 0 Å². The Morgan fingerprint density at radius 1 is 0.375 bits per heavy atom. The van der Waals surface area contributed by atoms with Crippen molar-refractivity contribution < 1.29 is 8.78 Å². The Kier molecular flexibility index (Phi) is 4.97. The molecule has 24 heavy (non-hydrogen) atoms. The van der Waals surface area contributed by atoms with E-state index in [0.717, 1.165) is 22.3 Å². The van der Waals surface area contributed by atoms with Gasteiger partial charge in [-0.05, 0) is 46.5 Å². The standard InChI is InChI=1S/C22H16F2/c23-21-13-9-19(10-14-21)7-5-17-1-2-18(4-3-17)6-8-20-11-15-22(24)16-12-20/h1-16H/b7-5+,8-6+. The SMILES string of the molecule is Fc1ccc(/C=C/c2ccc(/C=C/c3ccc(F)cc3)cc2)cc1. The fourth-order valence-electron chi connectivity index (χ4n) is 2.25. The summed E-state index contributed by atoms with van der Waals surface area (Å²) >= 11 is 0. The van der Waals surface area contributed by atoms with Crippen LogP contribution in [0, 0.1) is 11.6 Å². The first-order valence-electron chi connectivity index (χ1n) is 7.66. The van der Waals surface area contributed by atoms with Gasteiger partial charge in [0.25, 0.3) is 0 Å². The van der Waals surface area contributed by atoms with Crippen LogP contribution >= 0.6 is 0 Å². The lowest BCUT2D eigenvalue weighted by Crippen LogP contribution is -1.77. The normalized spacial score (nSPS) is 11.4. The van der Waals surface area contributed by atoms with Crippen molar-refractivity contribution in [2.75, 3.05) is 0 Å². The summed E-state index contributed by atoms with van der Waals surface area (Å²) in [7, 11) is 0. The van der Waals surface area contributed by atoms with Crippen LogP contribution in [0.15, 0.2) is 72.8 Å². The van der Waals surface area contributed by atoms with E-state index in [1.54, 1.807) is 24.3 Å². The first-order chi connectivity index (χ1) is 11.7. The number of hydrogen-bond donors (Lipinski definition) is 0. The maximum atomic E-state index is 12.9. The highest BCUT2D eigenvalue weighted by Crippen LogP contribution is 2.13. The molecule has 0 spiro atoms. The second-order valence-electron chi connectivity index (χ2n) is 5.44. The Hall–Kier alpha value is -3.00. The van der Waals surface area contributed by atoms with Crippen molar-refractivity contribution in [1.29, 1.82) is 0 Å². The minimum Gasteiger partial charge on any atom is -0.207 e. The molecule has 0 saturated carbocycles. The van der Waals surface area contributed by atoms with Crippen LogP contribution in [0.2, 0.25) is 0 Å². The molecular weight excluding hydrogens is 302 g/mol. The predicted octanol–water partition coefficient (Wildman–Crippen LogP) is 6.31. The molecule has 0 aliphatic rings. The lowest BCUT2D eigenvalue weighted by atomic mass is 10.1. The molecule has 3 rings (SSSR count). The number of halogens is 2. The second-order valence-corrected chi connectivity index (χ2v) is 5.44. The summed E-state index contributed by atoms with van der Waals surface area (Å²) in [6.07, 6.45) is 7.87. The topological polar surface area (TPSA) is 0 Å². The van der Waals surface area contributed by atoms with Crippen molar-refractivity contribution in [2.24, 2.45) is 0 Å². The Bertz CT molecular complexity index is 765. The van der Waals surface area contributed by atoms with Gasteiger partial charge in [-0.15, -0.1) is 0 Å². The molecule has 0 fully saturated rings. The molecule has 0 bridgehead atoms. The van der Waals surface area contributed by atoms with Crippen LogP contribution in [0.3, 0.4) is 0 Å².